The molecule has 25 heavy (non-hydrogen) atoms. The SMILES string of the molecule is Brc1ccc(-c2nnc(Cc3nnc(-c4ccc(Br)cc4)o3)o2)cc1. The Hall–Kier alpha value is -2.32. The number of aromatic nitrogens is 4. The first kappa shape index (κ1) is 16.2. The summed E-state index contributed by atoms with van der Waals surface area (Å²) in [5.41, 5.74) is 1.70. The first-order chi connectivity index (χ1) is 12.2. The summed E-state index contributed by atoms with van der Waals surface area (Å²) in [7, 11) is 0. The molecule has 0 saturated heterocycles. The van der Waals surface area contributed by atoms with E-state index in [1.165, 1.54) is 0 Å². The molecule has 0 spiro atoms. The summed E-state index contributed by atoms with van der Waals surface area (Å²) < 4.78 is 13.3. The van der Waals surface area contributed by atoms with Gasteiger partial charge in [0.2, 0.25) is 23.6 Å². The number of rotatable bonds is 4. The average molecular weight is 462 g/mol. The van der Waals surface area contributed by atoms with Gasteiger partial charge in [-0.05, 0) is 48.5 Å². The maximum atomic E-state index is 5.67. The Kier molecular flexibility index (Phi) is 4.46. The Morgan fingerprint density at radius 2 is 1.00 bits per heavy atom. The van der Waals surface area contributed by atoms with Crippen molar-refractivity contribution in [2.75, 3.05) is 0 Å². The highest BCUT2D eigenvalue weighted by molar-refractivity contribution is 9.10. The second-order valence-corrected chi connectivity index (χ2v) is 7.02. The van der Waals surface area contributed by atoms with Crippen molar-refractivity contribution in [3.05, 3.63) is 69.3 Å². The molecule has 0 aliphatic heterocycles. The molecular formula is C17H10Br2N4O2. The van der Waals surface area contributed by atoms with Gasteiger partial charge in [0.1, 0.15) is 6.42 Å². The zero-order valence-electron chi connectivity index (χ0n) is 12.7. The van der Waals surface area contributed by atoms with Gasteiger partial charge in [0.05, 0.1) is 0 Å². The van der Waals surface area contributed by atoms with Crippen molar-refractivity contribution >= 4 is 31.9 Å². The highest BCUT2D eigenvalue weighted by Crippen LogP contribution is 2.23. The quantitative estimate of drug-likeness (QED) is 0.430. The molecule has 4 rings (SSSR count). The molecule has 0 aliphatic rings. The molecule has 0 atom stereocenters. The van der Waals surface area contributed by atoms with Crippen molar-refractivity contribution in [2.24, 2.45) is 0 Å². The van der Waals surface area contributed by atoms with E-state index >= 15 is 0 Å². The zero-order valence-corrected chi connectivity index (χ0v) is 15.9. The second-order valence-electron chi connectivity index (χ2n) is 5.19. The van der Waals surface area contributed by atoms with E-state index in [0.717, 1.165) is 20.1 Å². The summed E-state index contributed by atoms with van der Waals surface area (Å²) in [6.07, 6.45) is 0.285. The van der Waals surface area contributed by atoms with Crippen LogP contribution in [0.1, 0.15) is 11.8 Å². The van der Waals surface area contributed by atoms with Crippen molar-refractivity contribution in [3.63, 3.8) is 0 Å². The van der Waals surface area contributed by atoms with Gasteiger partial charge < -0.3 is 8.83 Å². The van der Waals surface area contributed by atoms with Gasteiger partial charge in [0.25, 0.3) is 0 Å². The van der Waals surface area contributed by atoms with Crippen molar-refractivity contribution < 1.29 is 8.83 Å². The van der Waals surface area contributed by atoms with Gasteiger partial charge in [-0.15, -0.1) is 20.4 Å². The van der Waals surface area contributed by atoms with Crippen molar-refractivity contribution in [3.8, 4) is 22.9 Å². The van der Waals surface area contributed by atoms with Crippen molar-refractivity contribution in [1.29, 1.82) is 0 Å². The fourth-order valence-electron chi connectivity index (χ4n) is 2.20. The minimum absolute atomic E-state index is 0.285. The molecule has 0 radical (unpaired) electrons. The van der Waals surface area contributed by atoms with Crippen LogP contribution in [0.2, 0.25) is 0 Å². The van der Waals surface area contributed by atoms with E-state index in [1.807, 2.05) is 48.5 Å². The Labute approximate surface area is 159 Å². The predicted molar refractivity (Wildman–Crippen MR) is 97.7 cm³/mol. The van der Waals surface area contributed by atoms with Crippen LogP contribution in [0.25, 0.3) is 22.9 Å². The first-order valence-electron chi connectivity index (χ1n) is 7.34. The van der Waals surface area contributed by atoms with Crippen LogP contribution in [0.15, 0.2) is 66.3 Å². The van der Waals surface area contributed by atoms with E-state index in [4.69, 9.17) is 8.83 Å². The third-order valence-electron chi connectivity index (χ3n) is 3.42. The monoisotopic (exact) mass is 460 g/mol. The van der Waals surface area contributed by atoms with Crippen LogP contribution in [0.4, 0.5) is 0 Å². The molecule has 6 nitrogen and oxygen atoms in total. The zero-order chi connectivity index (χ0) is 17.2. The smallest absolute Gasteiger partial charge is 0.247 e. The van der Waals surface area contributed by atoms with Gasteiger partial charge in [-0.2, -0.15) is 0 Å². The van der Waals surface area contributed by atoms with E-state index < -0.39 is 0 Å². The molecule has 0 aliphatic carbocycles. The Balaban J connectivity index is 1.51. The molecule has 8 heteroatoms. The largest absolute Gasteiger partial charge is 0.420 e. The van der Waals surface area contributed by atoms with Crippen LogP contribution >= 0.6 is 31.9 Å². The minimum Gasteiger partial charge on any atom is -0.420 e. The lowest BCUT2D eigenvalue weighted by Gasteiger charge is -1.95. The van der Waals surface area contributed by atoms with Crippen LogP contribution in [-0.2, 0) is 6.42 Å². The summed E-state index contributed by atoms with van der Waals surface area (Å²) in [6.45, 7) is 0. The molecule has 124 valence electrons. The van der Waals surface area contributed by atoms with E-state index in [1.54, 1.807) is 0 Å². The molecule has 0 saturated carbocycles. The van der Waals surface area contributed by atoms with Crippen LogP contribution in [-0.4, -0.2) is 20.4 Å². The van der Waals surface area contributed by atoms with E-state index in [0.29, 0.717) is 23.6 Å². The molecule has 2 aromatic carbocycles. The number of benzene rings is 2. The minimum atomic E-state index is 0.285. The number of hydrogen-bond donors (Lipinski definition) is 0. The van der Waals surface area contributed by atoms with Gasteiger partial charge in [0, 0.05) is 20.1 Å². The standard InChI is InChI=1S/C17H10Br2N4O2/c18-12-5-1-10(2-6-12)16-22-20-14(24-16)9-15-21-23-17(25-15)11-3-7-13(19)8-4-11/h1-8H,9H2. The summed E-state index contributed by atoms with van der Waals surface area (Å²) in [5, 5.41) is 16.2. The molecule has 0 fully saturated rings. The van der Waals surface area contributed by atoms with Crippen LogP contribution in [0, 0.1) is 0 Å². The van der Waals surface area contributed by atoms with Crippen molar-refractivity contribution in [2.45, 2.75) is 6.42 Å². The highest BCUT2D eigenvalue weighted by Gasteiger charge is 2.14. The third-order valence-corrected chi connectivity index (χ3v) is 4.48. The number of nitrogens with zero attached hydrogens (tertiary/aromatic N) is 4. The molecule has 0 bridgehead atoms. The molecular weight excluding hydrogens is 452 g/mol. The maximum absolute atomic E-state index is 5.67. The van der Waals surface area contributed by atoms with Gasteiger partial charge in [-0.1, -0.05) is 31.9 Å². The molecule has 0 unspecified atom stereocenters. The predicted octanol–water partition coefficient (Wildman–Crippen LogP) is 4.90. The summed E-state index contributed by atoms with van der Waals surface area (Å²) in [4.78, 5) is 0. The molecule has 0 N–H and O–H groups in total. The number of halogens is 2. The van der Waals surface area contributed by atoms with E-state index in [2.05, 4.69) is 52.3 Å². The fourth-order valence-corrected chi connectivity index (χ4v) is 2.73. The molecule has 2 heterocycles. The fraction of sp³-hybridized carbons (Fsp3) is 0.0588. The van der Waals surface area contributed by atoms with Crippen LogP contribution in [0.3, 0.4) is 0 Å². The lowest BCUT2D eigenvalue weighted by molar-refractivity contribution is 0.466. The van der Waals surface area contributed by atoms with E-state index in [-0.39, 0.29) is 6.42 Å². The molecule has 2 aromatic heterocycles. The Morgan fingerprint density at radius 1 is 0.600 bits per heavy atom. The van der Waals surface area contributed by atoms with Gasteiger partial charge in [0.15, 0.2) is 0 Å². The third kappa shape index (κ3) is 3.69. The normalized spacial score (nSPS) is 11.0. The summed E-state index contributed by atoms with van der Waals surface area (Å²) in [6, 6.07) is 15.3. The van der Waals surface area contributed by atoms with Gasteiger partial charge in [-0.3, -0.25) is 0 Å². The molecule has 4 aromatic rings. The Morgan fingerprint density at radius 3 is 1.40 bits per heavy atom. The van der Waals surface area contributed by atoms with Gasteiger partial charge >= 0.3 is 0 Å². The topological polar surface area (TPSA) is 77.8 Å². The van der Waals surface area contributed by atoms with Crippen LogP contribution < -0.4 is 0 Å². The summed E-state index contributed by atoms with van der Waals surface area (Å²) >= 11 is 6.79. The average Bonchev–Trinajstić information content (AvgIpc) is 3.27. The first-order valence-corrected chi connectivity index (χ1v) is 8.92. The Bertz CT molecular complexity index is 912. The van der Waals surface area contributed by atoms with Crippen LogP contribution in [0.5, 0.6) is 0 Å². The van der Waals surface area contributed by atoms with E-state index in [9.17, 15) is 0 Å². The summed E-state index contributed by atoms with van der Waals surface area (Å²) in [5.74, 6) is 1.75. The van der Waals surface area contributed by atoms with Crippen molar-refractivity contribution in [1.82, 2.24) is 20.4 Å². The molecule has 0 amide bonds. The highest BCUT2D eigenvalue weighted by atomic mass is 79.9. The second kappa shape index (κ2) is 6.89. The lowest BCUT2D eigenvalue weighted by atomic mass is 10.2. The van der Waals surface area contributed by atoms with Gasteiger partial charge in [-0.25, -0.2) is 0 Å². The lowest BCUT2D eigenvalue weighted by Crippen LogP contribution is -1.88. The maximum Gasteiger partial charge on any atom is 0.247 e. The number of hydrogen-bond acceptors (Lipinski definition) is 6.